The third kappa shape index (κ3) is 4.34. The van der Waals surface area contributed by atoms with E-state index >= 15 is 0 Å². The second-order valence-electron chi connectivity index (χ2n) is 4.07. The molecule has 19 heavy (non-hydrogen) atoms. The number of pyridine rings is 1. The molecule has 1 aromatic rings. The number of nitrogens with one attached hydrogen (secondary N) is 1. The summed E-state index contributed by atoms with van der Waals surface area (Å²) in [6, 6.07) is 1.52. The Balaban J connectivity index is 2.86. The van der Waals surface area contributed by atoms with E-state index < -0.39 is 0 Å². The van der Waals surface area contributed by atoms with E-state index in [0.717, 1.165) is 12.8 Å². The smallest absolute Gasteiger partial charge is 0.255 e. The number of carbonyl (C=O) groups excluding carboxylic acids is 1. The van der Waals surface area contributed by atoms with Gasteiger partial charge in [0.25, 0.3) is 5.91 Å². The molecule has 0 aliphatic carbocycles. The third-order valence-corrected chi connectivity index (χ3v) is 2.95. The number of halogens is 1. The van der Waals surface area contributed by atoms with Crippen molar-refractivity contribution in [2.75, 3.05) is 25.1 Å². The summed E-state index contributed by atoms with van der Waals surface area (Å²) in [5.74, 6) is 5.35. The molecule has 0 fully saturated rings. The molecule has 0 aromatic carbocycles. The summed E-state index contributed by atoms with van der Waals surface area (Å²) in [4.78, 5) is 17.8. The van der Waals surface area contributed by atoms with Crippen molar-refractivity contribution < 1.29 is 9.90 Å². The largest absolute Gasteiger partial charge is 0.395 e. The number of nitrogen functional groups attached to an aromatic ring is 1. The summed E-state index contributed by atoms with van der Waals surface area (Å²) in [5, 5.41) is 9.29. The average molecular weight is 287 g/mol. The fourth-order valence-electron chi connectivity index (χ4n) is 1.63. The Morgan fingerprint density at radius 3 is 2.84 bits per heavy atom. The molecule has 0 atom stereocenters. The maximum atomic E-state index is 12.3. The Labute approximate surface area is 117 Å². The Bertz CT molecular complexity index is 428. The number of unbranched alkanes of at least 4 members (excludes halogenated alkanes) is 1. The zero-order chi connectivity index (χ0) is 14.3. The van der Waals surface area contributed by atoms with E-state index in [9.17, 15) is 4.79 Å². The van der Waals surface area contributed by atoms with Crippen molar-refractivity contribution in [3.8, 4) is 0 Å². The molecule has 4 N–H and O–H groups in total. The number of aliphatic hydroxyl groups excluding tert-OH is 1. The summed E-state index contributed by atoms with van der Waals surface area (Å²) in [5.41, 5.74) is 2.73. The highest BCUT2D eigenvalue weighted by Gasteiger charge is 2.16. The van der Waals surface area contributed by atoms with Gasteiger partial charge in [-0.25, -0.2) is 10.8 Å². The maximum absolute atomic E-state index is 12.3. The molecule has 1 amide bonds. The molecular formula is C12H19ClN4O2. The van der Waals surface area contributed by atoms with Gasteiger partial charge in [0.1, 0.15) is 0 Å². The van der Waals surface area contributed by atoms with E-state index in [0.29, 0.717) is 24.5 Å². The molecule has 0 bridgehead atoms. The van der Waals surface area contributed by atoms with Crippen molar-refractivity contribution in [3.63, 3.8) is 0 Å². The number of carbonyl (C=O) groups is 1. The van der Waals surface area contributed by atoms with Crippen LogP contribution in [0.3, 0.4) is 0 Å². The van der Waals surface area contributed by atoms with Crippen molar-refractivity contribution >= 4 is 23.3 Å². The normalized spacial score (nSPS) is 10.3. The standard InChI is InChI=1S/C12H19ClN4O2/c1-2-3-4-17(5-6-18)12(19)9-7-10(13)11(16-14)15-8-9/h7-8,18H,2-6,14H2,1H3,(H,15,16). The van der Waals surface area contributed by atoms with Gasteiger partial charge in [0.05, 0.1) is 17.2 Å². The number of rotatable bonds is 7. The second kappa shape index (κ2) is 7.93. The van der Waals surface area contributed by atoms with Gasteiger partial charge in [0.2, 0.25) is 0 Å². The third-order valence-electron chi connectivity index (χ3n) is 2.66. The molecule has 1 aromatic heterocycles. The van der Waals surface area contributed by atoms with Crippen molar-refractivity contribution in [1.29, 1.82) is 0 Å². The SMILES string of the molecule is CCCCN(CCO)C(=O)c1cnc(NN)c(Cl)c1. The minimum atomic E-state index is -0.194. The lowest BCUT2D eigenvalue weighted by atomic mass is 10.2. The van der Waals surface area contributed by atoms with Crippen molar-refractivity contribution in [1.82, 2.24) is 9.88 Å². The predicted octanol–water partition coefficient (Wildman–Crippen LogP) is 1.26. The van der Waals surface area contributed by atoms with Gasteiger partial charge in [-0.05, 0) is 12.5 Å². The monoisotopic (exact) mass is 286 g/mol. The molecule has 0 spiro atoms. The maximum Gasteiger partial charge on any atom is 0.255 e. The Hall–Kier alpha value is -1.37. The lowest BCUT2D eigenvalue weighted by Gasteiger charge is -2.21. The number of amides is 1. The fourth-order valence-corrected chi connectivity index (χ4v) is 1.85. The van der Waals surface area contributed by atoms with E-state index in [4.69, 9.17) is 22.6 Å². The quantitative estimate of drug-likeness (QED) is 0.518. The van der Waals surface area contributed by atoms with Gasteiger partial charge in [-0.15, -0.1) is 0 Å². The summed E-state index contributed by atoms with van der Waals surface area (Å²) >= 11 is 5.93. The molecule has 0 radical (unpaired) electrons. The number of hydrogen-bond acceptors (Lipinski definition) is 5. The van der Waals surface area contributed by atoms with E-state index in [2.05, 4.69) is 10.4 Å². The van der Waals surface area contributed by atoms with Gasteiger partial charge in [0, 0.05) is 19.3 Å². The lowest BCUT2D eigenvalue weighted by Crippen LogP contribution is -2.34. The molecule has 0 saturated carbocycles. The highest BCUT2D eigenvalue weighted by Crippen LogP contribution is 2.19. The number of hydrogen-bond donors (Lipinski definition) is 3. The molecule has 1 rings (SSSR count). The molecular weight excluding hydrogens is 268 g/mol. The van der Waals surface area contributed by atoms with Crippen LogP contribution in [0.15, 0.2) is 12.3 Å². The molecule has 6 nitrogen and oxygen atoms in total. The van der Waals surface area contributed by atoms with Crippen LogP contribution < -0.4 is 11.3 Å². The van der Waals surface area contributed by atoms with Crippen molar-refractivity contribution in [3.05, 3.63) is 22.8 Å². The number of nitrogens with two attached hydrogens (primary N) is 1. The summed E-state index contributed by atoms with van der Waals surface area (Å²) < 4.78 is 0. The van der Waals surface area contributed by atoms with Gasteiger partial charge in [-0.1, -0.05) is 24.9 Å². The summed E-state index contributed by atoms with van der Waals surface area (Å²) in [7, 11) is 0. The minimum Gasteiger partial charge on any atom is -0.395 e. The first-order valence-electron chi connectivity index (χ1n) is 6.16. The van der Waals surface area contributed by atoms with Gasteiger partial charge in [-0.2, -0.15) is 0 Å². The molecule has 106 valence electrons. The molecule has 0 saturated heterocycles. The second-order valence-corrected chi connectivity index (χ2v) is 4.48. The minimum absolute atomic E-state index is 0.0704. The molecule has 7 heteroatoms. The number of anilines is 1. The zero-order valence-corrected chi connectivity index (χ0v) is 11.7. The van der Waals surface area contributed by atoms with E-state index in [1.54, 1.807) is 4.90 Å². The number of aromatic nitrogens is 1. The molecule has 0 aliphatic heterocycles. The number of hydrazine groups is 1. The highest BCUT2D eigenvalue weighted by atomic mass is 35.5. The van der Waals surface area contributed by atoms with E-state index in [1.165, 1.54) is 12.3 Å². The van der Waals surface area contributed by atoms with E-state index in [-0.39, 0.29) is 17.5 Å². The van der Waals surface area contributed by atoms with Gasteiger partial charge in [-0.3, -0.25) is 4.79 Å². The highest BCUT2D eigenvalue weighted by molar-refractivity contribution is 6.33. The predicted molar refractivity (Wildman–Crippen MR) is 75.0 cm³/mol. The topological polar surface area (TPSA) is 91.5 Å². The molecule has 0 unspecified atom stereocenters. The molecule has 1 heterocycles. The lowest BCUT2D eigenvalue weighted by molar-refractivity contribution is 0.0719. The number of nitrogens with zero attached hydrogens (tertiary/aromatic N) is 2. The van der Waals surface area contributed by atoms with Crippen LogP contribution in [0.25, 0.3) is 0 Å². The number of aliphatic hydroxyl groups is 1. The first-order chi connectivity index (χ1) is 9.13. The van der Waals surface area contributed by atoms with E-state index in [1.807, 2.05) is 6.92 Å². The van der Waals surface area contributed by atoms with Crippen LogP contribution in [0.5, 0.6) is 0 Å². The summed E-state index contributed by atoms with van der Waals surface area (Å²) in [6.45, 7) is 2.87. The first-order valence-corrected chi connectivity index (χ1v) is 6.54. The van der Waals surface area contributed by atoms with Gasteiger partial charge >= 0.3 is 0 Å². The Morgan fingerprint density at radius 2 is 2.32 bits per heavy atom. The van der Waals surface area contributed by atoms with Crippen LogP contribution in [0.4, 0.5) is 5.82 Å². The average Bonchev–Trinajstić information content (AvgIpc) is 2.42. The van der Waals surface area contributed by atoms with Crippen LogP contribution in [0.1, 0.15) is 30.1 Å². The fraction of sp³-hybridized carbons (Fsp3) is 0.500. The van der Waals surface area contributed by atoms with Crippen LogP contribution >= 0.6 is 11.6 Å². The van der Waals surface area contributed by atoms with Crippen molar-refractivity contribution in [2.45, 2.75) is 19.8 Å². The van der Waals surface area contributed by atoms with Crippen molar-refractivity contribution in [2.24, 2.45) is 5.84 Å². The Morgan fingerprint density at radius 1 is 1.58 bits per heavy atom. The summed E-state index contributed by atoms with van der Waals surface area (Å²) in [6.07, 6.45) is 3.28. The molecule has 0 aliphatic rings. The van der Waals surface area contributed by atoms with Crippen LogP contribution in [-0.2, 0) is 0 Å². The van der Waals surface area contributed by atoms with Gasteiger partial charge in [0.15, 0.2) is 5.82 Å². The van der Waals surface area contributed by atoms with Crippen LogP contribution in [0, 0.1) is 0 Å². The van der Waals surface area contributed by atoms with Crippen LogP contribution in [0.2, 0.25) is 5.02 Å². The van der Waals surface area contributed by atoms with Crippen LogP contribution in [-0.4, -0.2) is 40.6 Å². The Kier molecular flexibility index (Phi) is 6.55. The zero-order valence-electron chi connectivity index (χ0n) is 10.9. The van der Waals surface area contributed by atoms with Gasteiger partial charge < -0.3 is 15.4 Å². The first kappa shape index (κ1) is 15.7.